The number of benzene rings is 2. The molecule has 3 nitrogen and oxygen atoms in total. The monoisotopic (exact) mass is 371 g/mol. The number of nitrogens with zero attached hydrogens (tertiary/aromatic N) is 1. The summed E-state index contributed by atoms with van der Waals surface area (Å²) in [5, 5.41) is 0.724. The Labute approximate surface area is 160 Å². The third kappa shape index (κ3) is 4.87. The summed E-state index contributed by atoms with van der Waals surface area (Å²) >= 11 is 6.01. The van der Waals surface area contributed by atoms with Gasteiger partial charge in [-0.05, 0) is 61.5 Å². The van der Waals surface area contributed by atoms with Crippen molar-refractivity contribution in [3.05, 3.63) is 70.7 Å². The standard InChI is InChI=1S/C22H26ClNO2/c1-26-22(25)21-16-24(14-5-8-17-6-3-2-4-7-17)15-13-20(21)18-9-11-19(23)12-10-18/h2-4,6-7,9-12,20-21H,5,8,13-16H2,1H3/t20-,21?/m1/s1. The zero-order valence-electron chi connectivity index (χ0n) is 15.2. The quantitative estimate of drug-likeness (QED) is 0.697. The first-order chi connectivity index (χ1) is 12.7. The SMILES string of the molecule is COC(=O)C1CN(CCCc2ccccc2)CC[C@@H]1c1ccc(Cl)cc1. The van der Waals surface area contributed by atoms with E-state index in [-0.39, 0.29) is 17.8 Å². The van der Waals surface area contributed by atoms with Crippen molar-refractivity contribution in [3.8, 4) is 0 Å². The van der Waals surface area contributed by atoms with Gasteiger partial charge < -0.3 is 9.64 Å². The molecule has 0 bridgehead atoms. The Hall–Kier alpha value is -1.84. The molecule has 1 unspecified atom stereocenters. The maximum Gasteiger partial charge on any atom is 0.310 e. The Kier molecular flexibility index (Phi) is 6.70. The minimum absolute atomic E-state index is 0.113. The first-order valence-electron chi connectivity index (χ1n) is 9.27. The molecule has 1 heterocycles. The van der Waals surface area contributed by atoms with Crippen LogP contribution in [0.5, 0.6) is 0 Å². The van der Waals surface area contributed by atoms with E-state index in [1.165, 1.54) is 18.2 Å². The van der Waals surface area contributed by atoms with Crippen molar-refractivity contribution in [2.24, 2.45) is 5.92 Å². The van der Waals surface area contributed by atoms with Gasteiger partial charge in [0.15, 0.2) is 0 Å². The number of hydrogen-bond donors (Lipinski definition) is 0. The second-order valence-corrected chi connectivity index (χ2v) is 7.40. The van der Waals surface area contributed by atoms with Crippen LogP contribution in [0, 0.1) is 5.92 Å². The number of esters is 1. The highest BCUT2D eigenvalue weighted by Gasteiger charge is 2.35. The number of hydrogen-bond acceptors (Lipinski definition) is 3. The van der Waals surface area contributed by atoms with Crippen molar-refractivity contribution in [1.82, 2.24) is 4.90 Å². The minimum atomic E-state index is -0.119. The van der Waals surface area contributed by atoms with E-state index in [1.54, 1.807) is 0 Å². The number of carbonyl (C=O) groups is 1. The Morgan fingerprint density at radius 3 is 2.58 bits per heavy atom. The number of methoxy groups -OCH3 is 1. The van der Waals surface area contributed by atoms with Gasteiger partial charge in [0.1, 0.15) is 0 Å². The molecule has 2 aromatic rings. The van der Waals surface area contributed by atoms with Gasteiger partial charge in [0.05, 0.1) is 13.0 Å². The van der Waals surface area contributed by atoms with E-state index in [9.17, 15) is 4.79 Å². The first kappa shape index (κ1) is 18.9. The molecule has 0 radical (unpaired) electrons. The number of halogens is 1. The lowest BCUT2D eigenvalue weighted by atomic mass is 9.80. The summed E-state index contributed by atoms with van der Waals surface area (Å²) in [7, 11) is 1.48. The van der Waals surface area contributed by atoms with Gasteiger partial charge >= 0.3 is 5.97 Å². The maximum atomic E-state index is 12.4. The average molecular weight is 372 g/mol. The summed E-state index contributed by atoms with van der Waals surface area (Å²) < 4.78 is 5.10. The third-order valence-electron chi connectivity index (χ3n) is 5.28. The molecular weight excluding hydrogens is 346 g/mol. The van der Waals surface area contributed by atoms with E-state index < -0.39 is 0 Å². The molecule has 0 aromatic heterocycles. The largest absolute Gasteiger partial charge is 0.469 e. The minimum Gasteiger partial charge on any atom is -0.469 e. The van der Waals surface area contributed by atoms with Gasteiger partial charge in [-0.2, -0.15) is 0 Å². The van der Waals surface area contributed by atoms with Gasteiger partial charge in [-0.25, -0.2) is 0 Å². The van der Waals surface area contributed by atoms with Crippen LogP contribution in [0.25, 0.3) is 0 Å². The van der Waals surface area contributed by atoms with Crippen molar-refractivity contribution in [2.45, 2.75) is 25.2 Å². The molecule has 1 aliphatic heterocycles. The van der Waals surface area contributed by atoms with Gasteiger partial charge in [-0.1, -0.05) is 54.1 Å². The fraction of sp³-hybridized carbons (Fsp3) is 0.409. The van der Waals surface area contributed by atoms with E-state index in [2.05, 4.69) is 29.2 Å². The van der Waals surface area contributed by atoms with Gasteiger partial charge in [-0.3, -0.25) is 4.79 Å². The van der Waals surface area contributed by atoms with E-state index in [0.29, 0.717) is 0 Å². The van der Waals surface area contributed by atoms with Crippen LogP contribution >= 0.6 is 11.6 Å². The topological polar surface area (TPSA) is 29.5 Å². The van der Waals surface area contributed by atoms with E-state index in [1.807, 2.05) is 30.3 Å². The van der Waals surface area contributed by atoms with Crippen LogP contribution in [0.3, 0.4) is 0 Å². The Morgan fingerprint density at radius 1 is 1.15 bits per heavy atom. The molecule has 0 saturated carbocycles. The molecule has 2 aromatic carbocycles. The van der Waals surface area contributed by atoms with E-state index >= 15 is 0 Å². The van der Waals surface area contributed by atoms with Crippen molar-refractivity contribution >= 4 is 17.6 Å². The fourth-order valence-corrected chi connectivity index (χ4v) is 4.00. The van der Waals surface area contributed by atoms with Crippen LogP contribution < -0.4 is 0 Å². The van der Waals surface area contributed by atoms with Gasteiger partial charge in [0.2, 0.25) is 0 Å². The molecule has 0 aliphatic carbocycles. The molecule has 0 spiro atoms. The number of likely N-dealkylation sites (tertiary alicyclic amines) is 1. The van der Waals surface area contributed by atoms with Gasteiger partial charge in [0, 0.05) is 11.6 Å². The predicted molar refractivity (Wildman–Crippen MR) is 106 cm³/mol. The maximum absolute atomic E-state index is 12.4. The highest BCUT2D eigenvalue weighted by molar-refractivity contribution is 6.30. The van der Waals surface area contributed by atoms with Crippen LogP contribution in [-0.2, 0) is 16.0 Å². The Bertz CT molecular complexity index is 702. The zero-order chi connectivity index (χ0) is 18.4. The third-order valence-corrected chi connectivity index (χ3v) is 5.53. The summed E-state index contributed by atoms with van der Waals surface area (Å²) in [5.41, 5.74) is 2.54. The number of rotatable bonds is 6. The smallest absolute Gasteiger partial charge is 0.310 e. The number of ether oxygens (including phenoxy) is 1. The lowest BCUT2D eigenvalue weighted by Gasteiger charge is -2.37. The number of aryl methyl sites for hydroxylation is 1. The zero-order valence-corrected chi connectivity index (χ0v) is 16.0. The highest BCUT2D eigenvalue weighted by atomic mass is 35.5. The van der Waals surface area contributed by atoms with Crippen molar-refractivity contribution in [3.63, 3.8) is 0 Å². The number of carbonyl (C=O) groups excluding carboxylic acids is 1. The second-order valence-electron chi connectivity index (χ2n) is 6.97. The molecule has 1 fully saturated rings. The van der Waals surface area contributed by atoms with E-state index in [0.717, 1.165) is 43.9 Å². The molecule has 0 amide bonds. The highest BCUT2D eigenvalue weighted by Crippen LogP contribution is 2.34. The Morgan fingerprint density at radius 2 is 1.88 bits per heavy atom. The lowest BCUT2D eigenvalue weighted by molar-refractivity contribution is -0.148. The molecule has 4 heteroatoms. The molecular formula is C22H26ClNO2. The van der Waals surface area contributed by atoms with Crippen LogP contribution in [0.2, 0.25) is 5.02 Å². The molecule has 2 atom stereocenters. The van der Waals surface area contributed by atoms with Gasteiger partial charge in [0.25, 0.3) is 0 Å². The average Bonchev–Trinajstić information content (AvgIpc) is 2.69. The molecule has 26 heavy (non-hydrogen) atoms. The van der Waals surface area contributed by atoms with Gasteiger partial charge in [-0.15, -0.1) is 0 Å². The van der Waals surface area contributed by atoms with Crippen molar-refractivity contribution < 1.29 is 9.53 Å². The molecule has 138 valence electrons. The molecule has 1 aliphatic rings. The Balaban J connectivity index is 1.60. The van der Waals surface area contributed by atoms with Crippen LogP contribution in [0.1, 0.15) is 29.9 Å². The van der Waals surface area contributed by atoms with Crippen LogP contribution in [-0.4, -0.2) is 37.6 Å². The summed E-state index contributed by atoms with van der Waals surface area (Å²) in [5.74, 6) is -0.0329. The van der Waals surface area contributed by atoms with E-state index in [4.69, 9.17) is 16.3 Å². The lowest BCUT2D eigenvalue weighted by Crippen LogP contribution is -2.43. The molecule has 1 saturated heterocycles. The van der Waals surface area contributed by atoms with Crippen LogP contribution in [0.4, 0.5) is 0 Å². The second kappa shape index (κ2) is 9.20. The van der Waals surface area contributed by atoms with Crippen LogP contribution in [0.15, 0.2) is 54.6 Å². The fourth-order valence-electron chi connectivity index (χ4n) is 3.87. The summed E-state index contributed by atoms with van der Waals surface area (Å²) in [6.07, 6.45) is 3.14. The van der Waals surface area contributed by atoms with Crippen molar-refractivity contribution in [1.29, 1.82) is 0 Å². The number of piperidine rings is 1. The summed E-state index contributed by atoms with van der Waals surface area (Å²) in [6.45, 7) is 2.78. The molecule has 0 N–H and O–H groups in total. The molecule has 3 rings (SSSR count). The van der Waals surface area contributed by atoms with Crippen molar-refractivity contribution in [2.75, 3.05) is 26.7 Å². The summed E-state index contributed by atoms with van der Waals surface area (Å²) in [6, 6.07) is 18.4. The first-order valence-corrected chi connectivity index (χ1v) is 9.64. The predicted octanol–water partition coefficient (Wildman–Crippen LogP) is 4.55. The normalized spacial score (nSPS) is 20.7. The summed E-state index contributed by atoms with van der Waals surface area (Å²) in [4.78, 5) is 14.8.